The normalized spacial score (nSPS) is 11.0. The van der Waals surface area contributed by atoms with Crippen LogP contribution in [0.4, 0.5) is 4.39 Å². The number of nitrogens with one attached hydrogen (secondary N) is 1. The Morgan fingerprint density at radius 1 is 1.11 bits per heavy atom. The zero-order valence-corrected chi connectivity index (χ0v) is 14.3. The van der Waals surface area contributed by atoms with Gasteiger partial charge in [0.1, 0.15) is 5.82 Å². The monoisotopic (exact) mass is 365 g/mol. The molecule has 0 atom stereocenters. The Morgan fingerprint density at radius 2 is 1.93 bits per heavy atom. The maximum atomic E-state index is 13.0. The number of hydrogen-bond donors (Lipinski definition) is 1. The molecule has 0 saturated carbocycles. The number of halogens is 1. The van der Waals surface area contributed by atoms with E-state index >= 15 is 0 Å². The van der Waals surface area contributed by atoms with E-state index in [4.69, 9.17) is 9.15 Å². The number of benzene rings is 2. The molecule has 0 spiro atoms. The number of hydrogen-bond acceptors (Lipinski definition) is 5. The molecule has 136 valence electrons. The molecule has 7 heteroatoms. The minimum absolute atomic E-state index is 0.0963. The number of aromatic nitrogens is 3. The molecule has 2 aromatic heterocycles. The summed E-state index contributed by atoms with van der Waals surface area (Å²) in [7, 11) is 0. The second-order valence-electron chi connectivity index (χ2n) is 6.03. The molecule has 4 aromatic rings. The molecular weight excluding hydrogens is 349 g/mol. The molecule has 0 aliphatic heterocycles. The van der Waals surface area contributed by atoms with E-state index in [-0.39, 0.29) is 36.6 Å². The predicted octanol–water partition coefficient (Wildman–Crippen LogP) is 4.03. The maximum Gasteiger partial charge on any atom is 0.306 e. The van der Waals surface area contributed by atoms with E-state index in [1.165, 1.54) is 12.1 Å². The number of rotatable bonds is 6. The Hall–Kier alpha value is -3.48. The summed E-state index contributed by atoms with van der Waals surface area (Å²) in [6.07, 6.45) is 2.74. The van der Waals surface area contributed by atoms with Gasteiger partial charge in [0, 0.05) is 29.1 Å². The van der Waals surface area contributed by atoms with Crippen LogP contribution in [0.15, 0.2) is 59.1 Å². The molecule has 0 aliphatic rings. The minimum Gasteiger partial charge on any atom is -0.456 e. The second-order valence-corrected chi connectivity index (χ2v) is 6.03. The standard InChI is InChI=1S/C20H16FN3O3/c21-15-8-5-13(6-9-15)20-24-23-18(27-20)12-26-19(25)10-7-14-11-22-17-4-2-1-3-16(14)17/h1-6,8-9,11,22H,7,10,12H2. The highest BCUT2D eigenvalue weighted by Crippen LogP contribution is 2.20. The van der Waals surface area contributed by atoms with Crippen molar-refractivity contribution in [3.8, 4) is 11.5 Å². The minimum atomic E-state index is -0.346. The summed E-state index contributed by atoms with van der Waals surface area (Å²) in [5.41, 5.74) is 2.71. The van der Waals surface area contributed by atoms with Crippen LogP contribution in [0.5, 0.6) is 0 Å². The molecule has 2 heterocycles. The van der Waals surface area contributed by atoms with Gasteiger partial charge in [0.25, 0.3) is 5.89 Å². The summed E-state index contributed by atoms with van der Waals surface area (Å²) in [6, 6.07) is 13.6. The first-order valence-electron chi connectivity index (χ1n) is 8.48. The Labute approximate surface area is 154 Å². The van der Waals surface area contributed by atoms with Gasteiger partial charge < -0.3 is 14.1 Å². The van der Waals surface area contributed by atoms with Gasteiger partial charge in [-0.15, -0.1) is 10.2 Å². The number of fused-ring (bicyclic) bond motifs is 1. The molecule has 6 nitrogen and oxygen atoms in total. The summed E-state index contributed by atoms with van der Waals surface area (Å²) in [5, 5.41) is 8.83. The van der Waals surface area contributed by atoms with E-state index in [2.05, 4.69) is 15.2 Å². The summed E-state index contributed by atoms with van der Waals surface area (Å²) in [6.45, 7) is -0.0963. The van der Waals surface area contributed by atoms with Crippen molar-refractivity contribution in [2.24, 2.45) is 0 Å². The number of carbonyl (C=O) groups is 1. The summed E-state index contributed by atoms with van der Waals surface area (Å²) in [5.74, 6) is -0.251. The van der Waals surface area contributed by atoms with E-state index in [1.807, 2.05) is 30.5 Å². The van der Waals surface area contributed by atoms with Gasteiger partial charge in [-0.3, -0.25) is 4.79 Å². The molecule has 0 fully saturated rings. The van der Waals surface area contributed by atoms with E-state index in [0.29, 0.717) is 12.0 Å². The van der Waals surface area contributed by atoms with E-state index in [1.54, 1.807) is 12.1 Å². The molecule has 0 amide bonds. The third-order valence-corrected chi connectivity index (χ3v) is 4.19. The Morgan fingerprint density at radius 3 is 2.78 bits per heavy atom. The Balaban J connectivity index is 1.31. The first-order chi connectivity index (χ1) is 13.2. The first-order valence-corrected chi connectivity index (χ1v) is 8.48. The van der Waals surface area contributed by atoms with Gasteiger partial charge in [0.2, 0.25) is 5.89 Å². The highest BCUT2D eigenvalue weighted by atomic mass is 19.1. The number of ether oxygens (including phenoxy) is 1. The average molecular weight is 365 g/mol. The van der Waals surface area contributed by atoms with Gasteiger partial charge >= 0.3 is 5.97 Å². The quantitative estimate of drug-likeness (QED) is 0.522. The van der Waals surface area contributed by atoms with Crippen LogP contribution < -0.4 is 0 Å². The van der Waals surface area contributed by atoms with Crippen molar-refractivity contribution in [1.82, 2.24) is 15.2 Å². The highest BCUT2D eigenvalue weighted by Gasteiger charge is 2.12. The number of esters is 1. The van der Waals surface area contributed by atoms with Crippen LogP contribution in [0.1, 0.15) is 17.9 Å². The fraction of sp³-hybridized carbons (Fsp3) is 0.150. The smallest absolute Gasteiger partial charge is 0.306 e. The zero-order chi connectivity index (χ0) is 18.6. The first kappa shape index (κ1) is 17.0. The van der Waals surface area contributed by atoms with Crippen LogP contribution in [0, 0.1) is 5.82 Å². The van der Waals surface area contributed by atoms with Crippen LogP contribution >= 0.6 is 0 Å². The summed E-state index contributed by atoms with van der Waals surface area (Å²) >= 11 is 0. The van der Waals surface area contributed by atoms with Gasteiger partial charge in [-0.1, -0.05) is 18.2 Å². The third kappa shape index (κ3) is 3.87. The van der Waals surface area contributed by atoms with Crippen molar-refractivity contribution < 1.29 is 18.3 Å². The fourth-order valence-electron chi connectivity index (χ4n) is 2.81. The molecule has 2 aromatic carbocycles. The van der Waals surface area contributed by atoms with Crippen LogP contribution in [-0.2, 0) is 22.6 Å². The maximum absolute atomic E-state index is 13.0. The molecular formula is C20H16FN3O3. The van der Waals surface area contributed by atoms with Crippen molar-refractivity contribution in [2.75, 3.05) is 0 Å². The topological polar surface area (TPSA) is 81.0 Å². The molecule has 0 radical (unpaired) electrons. The lowest BCUT2D eigenvalue weighted by Gasteiger charge is -2.02. The SMILES string of the molecule is O=C(CCc1c[nH]c2ccccc12)OCc1nnc(-c2ccc(F)cc2)o1. The predicted molar refractivity (Wildman–Crippen MR) is 96.1 cm³/mol. The van der Waals surface area contributed by atoms with Crippen LogP contribution in [0.2, 0.25) is 0 Å². The number of para-hydroxylation sites is 1. The van der Waals surface area contributed by atoms with Crippen LogP contribution in [0.3, 0.4) is 0 Å². The number of H-pyrrole nitrogens is 1. The number of aromatic amines is 1. The molecule has 0 aliphatic carbocycles. The molecule has 4 rings (SSSR count). The van der Waals surface area contributed by atoms with Crippen molar-refractivity contribution in [3.63, 3.8) is 0 Å². The fourth-order valence-corrected chi connectivity index (χ4v) is 2.81. The van der Waals surface area contributed by atoms with Gasteiger partial charge in [-0.25, -0.2) is 4.39 Å². The number of carbonyl (C=O) groups excluding carboxylic acids is 1. The highest BCUT2D eigenvalue weighted by molar-refractivity contribution is 5.83. The summed E-state index contributed by atoms with van der Waals surface area (Å²) < 4.78 is 23.6. The Bertz CT molecular complexity index is 1070. The largest absolute Gasteiger partial charge is 0.456 e. The lowest BCUT2D eigenvalue weighted by atomic mass is 10.1. The van der Waals surface area contributed by atoms with E-state index < -0.39 is 0 Å². The molecule has 0 saturated heterocycles. The van der Waals surface area contributed by atoms with Crippen molar-refractivity contribution >= 4 is 16.9 Å². The molecule has 27 heavy (non-hydrogen) atoms. The van der Waals surface area contributed by atoms with Gasteiger partial charge in [0.15, 0.2) is 6.61 Å². The van der Waals surface area contributed by atoms with E-state index in [9.17, 15) is 9.18 Å². The zero-order valence-electron chi connectivity index (χ0n) is 14.3. The molecule has 1 N–H and O–H groups in total. The van der Waals surface area contributed by atoms with Gasteiger partial charge in [-0.05, 0) is 42.3 Å². The number of nitrogens with zero attached hydrogens (tertiary/aromatic N) is 2. The van der Waals surface area contributed by atoms with Gasteiger partial charge in [0.05, 0.1) is 0 Å². The van der Waals surface area contributed by atoms with Crippen molar-refractivity contribution in [2.45, 2.75) is 19.4 Å². The molecule has 0 bridgehead atoms. The van der Waals surface area contributed by atoms with Crippen molar-refractivity contribution in [3.05, 3.63) is 72.0 Å². The second kappa shape index (κ2) is 7.41. The average Bonchev–Trinajstić information content (AvgIpc) is 3.32. The van der Waals surface area contributed by atoms with Crippen LogP contribution in [-0.4, -0.2) is 21.2 Å². The van der Waals surface area contributed by atoms with Gasteiger partial charge in [-0.2, -0.15) is 0 Å². The summed E-state index contributed by atoms with van der Waals surface area (Å²) in [4.78, 5) is 15.2. The van der Waals surface area contributed by atoms with Crippen LogP contribution in [0.25, 0.3) is 22.4 Å². The van der Waals surface area contributed by atoms with E-state index in [0.717, 1.165) is 16.5 Å². The lowest BCUT2D eigenvalue weighted by Crippen LogP contribution is -2.06. The van der Waals surface area contributed by atoms with Crippen molar-refractivity contribution in [1.29, 1.82) is 0 Å². The molecule has 0 unspecified atom stereocenters. The Kier molecular flexibility index (Phi) is 4.65. The third-order valence-electron chi connectivity index (χ3n) is 4.19. The lowest BCUT2D eigenvalue weighted by molar-refractivity contribution is -0.145. The number of aryl methyl sites for hydroxylation is 1.